The van der Waals surface area contributed by atoms with Crippen molar-refractivity contribution in [2.75, 3.05) is 6.54 Å². The smallest absolute Gasteiger partial charge is 0.251 e. The lowest BCUT2D eigenvalue weighted by atomic mass is 10.1. The first-order chi connectivity index (χ1) is 16.0. The van der Waals surface area contributed by atoms with Crippen molar-refractivity contribution in [3.63, 3.8) is 0 Å². The highest BCUT2D eigenvalue weighted by molar-refractivity contribution is 7.89. The number of carbonyl (C=O) groups is 2. The molecule has 0 bridgehead atoms. The number of aromatic nitrogens is 1. The molecule has 2 amide bonds. The summed E-state index contributed by atoms with van der Waals surface area (Å²) >= 11 is 0. The normalized spacial score (nSPS) is 12.6. The number of hydrogen-bond donors (Lipinski definition) is 3. The van der Waals surface area contributed by atoms with Gasteiger partial charge in [0.1, 0.15) is 0 Å². The van der Waals surface area contributed by atoms with Gasteiger partial charge < -0.3 is 15.6 Å². The van der Waals surface area contributed by atoms with Gasteiger partial charge in [0.05, 0.1) is 4.90 Å². The quantitative estimate of drug-likeness (QED) is 0.409. The van der Waals surface area contributed by atoms with E-state index >= 15 is 0 Å². The average Bonchev–Trinajstić information content (AvgIpc) is 3.13. The molecule has 182 valence electrons. The van der Waals surface area contributed by atoms with Gasteiger partial charge in [0, 0.05) is 48.2 Å². The average molecular weight is 485 g/mol. The van der Waals surface area contributed by atoms with E-state index in [-0.39, 0.29) is 24.9 Å². The summed E-state index contributed by atoms with van der Waals surface area (Å²) in [6, 6.07) is 10.7. The van der Waals surface area contributed by atoms with E-state index in [4.69, 9.17) is 5.73 Å². The number of nitrogens with two attached hydrogens (primary N) is 1. The fraction of sp³-hybridized carbons (Fsp3) is 0.360. The number of amides is 2. The van der Waals surface area contributed by atoms with Crippen LogP contribution in [-0.2, 0) is 21.4 Å². The van der Waals surface area contributed by atoms with Gasteiger partial charge in [-0.2, -0.15) is 0 Å². The van der Waals surface area contributed by atoms with E-state index in [0.717, 1.165) is 27.6 Å². The maximum Gasteiger partial charge on any atom is 0.251 e. The second-order valence-corrected chi connectivity index (χ2v) is 10.3. The van der Waals surface area contributed by atoms with Gasteiger partial charge in [-0.1, -0.05) is 24.6 Å². The topological polar surface area (TPSA) is 123 Å². The van der Waals surface area contributed by atoms with Crippen LogP contribution in [0.3, 0.4) is 0 Å². The number of fused-ring (bicyclic) bond motifs is 1. The summed E-state index contributed by atoms with van der Waals surface area (Å²) < 4.78 is 31.3. The van der Waals surface area contributed by atoms with Crippen LogP contribution in [0.1, 0.15) is 46.8 Å². The molecule has 0 fully saturated rings. The van der Waals surface area contributed by atoms with Crippen molar-refractivity contribution in [2.45, 2.75) is 58.0 Å². The molecule has 0 spiro atoms. The fourth-order valence-corrected chi connectivity index (χ4v) is 6.02. The Kier molecular flexibility index (Phi) is 7.78. The summed E-state index contributed by atoms with van der Waals surface area (Å²) in [5.41, 5.74) is 8.97. The lowest BCUT2D eigenvalue weighted by Crippen LogP contribution is -2.38. The van der Waals surface area contributed by atoms with Crippen molar-refractivity contribution >= 4 is 32.7 Å². The van der Waals surface area contributed by atoms with Crippen LogP contribution in [0.15, 0.2) is 47.5 Å². The highest BCUT2D eigenvalue weighted by Gasteiger charge is 2.23. The van der Waals surface area contributed by atoms with Crippen LogP contribution in [-0.4, -0.2) is 37.4 Å². The zero-order valence-corrected chi connectivity index (χ0v) is 20.8. The first-order valence-corrected chi connectivity index (χ1v) is 12.8. The Bertz CT molecular complexity index is 1300. The molecule has 2 aromatic carbocycles. The number of benzene rings is 2. The van der Waals surface area contributed by atoms with Gasteiger partial charge in [-0.05, 0) is 62.6 Å². The van der Waals surface area contributed by atoms with Crippen molar-refractivity contribution < 1.29 is 18.0 Å². The third-order valence-electron chi connectivity index (χ3n) is 5.80. The number of carbonyl (C=O) groups excluding carboxylic acids is 2. The molecule has 8 nitrogen and oxygen atoms in total. The van der Waals surface area contributed by atoms with Crippen LogP contribution in [0.2, 0.25) is 0 Å². The Balaban J connectivity index is 1.77. The van der Waals surface area contributed by atoms with Gasteiger partial charge in [0.2, 0.25) is 15.9 Å². The minimum absolute atomic E-state index is 0.0836. The van der Waals surface area contributed by atoms with E-state index < -0.39 is 15.9 Å². The Morgan fingerprint density at radius 1 is 1.06 bits per heavy atom. The van der Waals surface area contributed by atoms with Crippen molar-refractivity contribution in [3.05, 3.63) is 64.8 Å². The van der Waals surface area contributed by atoms with Crippen molar-refractivity contribution in [2.24, 2.45) is 5.73 Å². The zero-order chi connectivity index (χ0) is 25.0. The largest absolute Gasteiger partial charge is 0.370 e. The van der Waals surface area contributed by atoms with Gasteiger partial charge in [-0.3, -0.25) is 9.59 Å². The minimum Gasteiger partial charge on any atom is -0.370 e. The maximum atomic E-state index is 13.2. The Morgan fingerprint density at radius 2 is 1.74 bits per heavy atom. The molecule has 0 saturated heterocycles. The number of aryl methyl sites for hydroxylation is 3. The van der Waals surface area contributed by atoms with Crippen LogP contribution in [0.5, 0.6) is 0 Å². The number of nitrogens with zero attached hydrogens (tertiary/aromatic N) is 1. The third kappa shape index (κ3) is 5.84. The second kappa shape index (κ2) is 10.4. The van der Waals surface area contributed by atoms with Crippen LogP contribution >= 0.6 is 0 Å². The third-order valence-corrected chi connectivity index (χ3v) is 7.62. The van der Waals surface area contributed by atoms with Gasteiger partial charge in [-0.15, -0.1) is 0 Å². The van der Waals surface area contributed by atoms with E-state index in [1.165, 1.54) is 0 Å². The number of hydrogen-bond acceptors (Lipinski definition) is 4. The van der Waals surface area contributed by atoms with Crippen molar-refractivity contribution in [1.29, 1.82) is 0 Å². The molecule has 3 aromatic rings. The molecule has 1 aromatic heterocycles. The van der Waals surface area contributed by atoms with Gasteiger partial charge in [-0.25, -0.2) is 13.1 Å². The van der Waals surface area contributed by atoms with Gasteiger partial charge >= 0.3 is 0 Å². The molecule has 0 unspecified atom stereocenters. The lowest BCUT2D eigenvalue weighted by Gasteiger charge is -2.20. The lowest BCUT2D eigenvalue weighted by molar-refractivity contribution is -0.117. The van der Waals surface area contributed by atoms with Crippen LogP contribution < -0.4 is 15.8 Å². The highest BCUT2D eigenvalue weighted by Crippen LogP contribution is 2.23. The Labute approximate surface area is 200 Å². The summed E-state index contributed by atoms with van der Waals surface area (Å²) in [4.78, 5) is 23.5. The van der Waals surface area contributed by atoms with Crippen LogP contribution in [0, 0.1) is 20.8 Å². The molecular weight excluding hydrogens is 452 g/mol. The Hall–Kier alpha value is -3.17. The summed E-state index contributed by atoms with van der Waals surface area (Å²) in [6.07, 6.45) is 2.59. The number of primary amides is 1. The molecule has 1 atom stereocenters. The molecule has 3 rings (SSSR count). The monoisotopic (exact) mass is 484 g/mol. The molecule has 0 saturated carbocycles. The minimum atomic E-state index is -3.69. The molecular formula is C25H32N4O4S. The molecule has 1 heterocycles. The number of rotatable bonds is 10. The van der Waals surface area contributed by atoms with Crippen LogP contribution in [0.4, 0.5) is 0 Å². The number of nitrogens with one attached hydrogen (secondary N) is 2. The highest BCUT2D eigenvalue weighted by atomic mass is 32.2. The molecule has 4 N–H and O–H groups in total. The molecule has 9 heteroatoms. The standard InChI is InChI=1S/C25H32N4O4S/c1-5-21(28-34(32,33)24-17(3)12-16(2)13-18(24)4)15-29-11-9-19-14-20(6-7-22(19)29)25(31)27-10-8-23(26)30/h6-7,9,11-14,21,28H,5,8,10,15H2,1-4H3,(H2,26,30)(H,27,31)/t21-/m1/s1. The number of sulfonamides is 1. The SMILES string of the molecule is CC[C@H](Cn1ccc2cc(C(=O)NCCC(N)=O)ccc21)NS(=O)(=O)c1c(C)cc(C)cc1C. The van der Waals surface area contributed by atoms with E-state index in [1.807, 2.05) is 62.7 Å². The predicted molar refractivity (Wildman–Crippen MR) is 133 cm³/mol. The molecule has 0 aliphatic heterocycles. The second-order valence-electron chi connectivity index (χ2n) is 8.67. The van der Waals surface area contributed by atoms with E-state index in [2.05, 4.69) is 10.0 Å². The zero-order valence-electron chi connectivity index (χ0n) is 20.0. The summed E-state index contributed by atoms with van der Waals surface area (Å²) in [5.74, 6) is -0.749. The maximum absolute atomic E-state index is 13.2. The van der Waals surface area contributed by atoms with Gasteiger partial charge in [0.25, 0.3) is 5.91 Å². The van der Waals surface area contributed by atoms with Crippen LogP contribution in [0.25, 0.3) is 10.9 Å². The molecule has 34 heavy (non-hydrogen) atoms. The van der Waals surface area contributed by atoms with E-state index in [1.54, 1.807) is 12.1 Å². The fourth-order valence-electron chi connectivity index (χ4n) is 4.26. The molecule has 0 aliphatic rings. The molecule has 0 aliphatic carbocycles. The van der Waals surface area contributed by atoms with E-state index in [9.17, 15) is 18.0 Å². The van der Waals surface area contributed by atoms with E-state index in [0.29, 0.717) is 23.4 Å². The Morgan fingerprint density at radius 3 is 2.35 bits per heavy atom. The first-order valence-electron chi connectivity index (χ1n) is 11.3. The van der Waals surface area contributed by atoms with Crippen molar-refractivity contribution in [3.8, 4) is 0 Å². The summed E-state index contributed by atoms with van der Waals surface area (Å²) in [6.45, 7) is 8.17. The molecule has 0 radical (unpaired) electrons. The first kappa shape index (κ1) is 25.5. The summed E-state index contributed by atoms with van der Waals surface area (Å²) in [5, 5.41) is 3.54. The predicted octanol–water partition coefficient (Wildman–Crippen LogP) is 2.93. The van der Waals surface area contributed by atoms with Crippen molar-refractivity contribution in [1.82, 2.24) is 14.6 Å². The summed E-state index contributed by atoms with van der Waals surface area (Å²) in [7, 11) is -3.69. The van der Waals surface area contributed by atoms with Gasteiger partial charge in [0.15, 0.2) is 0 Å².